The van der Waals surface area contributed by atoms with Gasteiger partial charge in [-0.2, -0.15) is 0 Å². The lowest BCUT2D eigenvalue weighted by Gasteiger charge is -2.01. The molecule has 1 aliphatic carbocycles. The van der Waals surface area contributed by atoms with E-state index in [9.17, 15) is 4.39 Å². The monoisotopic (exact) mass is 304 g/mol. The number of nitrogens with zero attached hydrogens (tertiary/aromatic N) is 1. The molecule has 21 heavy (non-hydrogen) atoms. The predicted molar refractivity (Wildman–Crippen MR) is 86.1 cm³/mol. The fourth-order valence-electron chi connectivity index (χ4n) is 2.46. The number of thiazole rings is 1. The molecule has 0 saturated heterocycles. The van der Waals surface area contributed by atoms with E-state index in [2.05, 4.69) is 12.2 Å². The second-order valence-corrected chi connectivity index (χ2v) is 6.89. The van der Waals surface area contributed by atoms with Gasteiger partial charge in [0.25, 0.3) is 0 Å². The molecule has 1 aromatic heterocycles. The third-order valence-electron chi connectivity index (χ3n) is 3.68. The summed E-state index contributed by atoms with van der Waals surface area (Å²) in [6, 6.07) is 5.84. The summed E-state index contributed by atoms with van der Waals surface area (Å²) < 4.78 is 13.6. The lowest BCUT2D eigenvalue weighted by molar-refractivity contribution is 0.627. The minimum atomic E-state index is -0.185. The zero-order valence-electron chi connectivity index (χ0n) is 12.6. The quantitative estimate of drug-likeness (QED) is 0.852. The third kappa shape index (κ3) is 3.69. The molecule has 0 unspecified atom stereocenters. The average molecular weight is 304 g/mol. The maximum Gasteiger partial charge on any atom is 0.124 e. The van der Waals surface area contributed by atoms with Crippen LogP contribution in [0.15, 0.2) is 18.2 Å². The Bertz CT molecular complexity index is 611. The van der Waals surface area contributed by atoms with Gasteiger partial charge in [-0.05, 0) is 49.9 Å². The van der Waals surface area contributed by atoms with E-state index in [1.165, 1.54) is 23.4 Å². The summed E-state index contributed by atoms with van der Waals surface area (Å²) in [6.45, 7) is 4.98. The van der Waals surface area contributed by atoms with Gasteiger partial charge in [0.15, 0.2) is 0 Å². The highest BCUT2D eigenvalue weighted by Gasteiger charge is 2.21. The maximum atomic E-state index is 13.6. The molecule has 0 amide bonds. The van der Waals surface area contributed by atoms with Gasteiger partial charge in [0.05, 0.1) is 5.69 Å². The van der Waals surface area contributed by atoms with Gasteiger partial charge in [0, 0.05) is 23.0 Å². The van der Waals surface area contributed by atoms with Crippen LogP contribution in [0.25, 0.3) is 10.6 Å². The van der Waals surface area contributed by atoms with E-state index in [0.717, 1.165) is 35.5 Å². The van der Waals surface area contributed by atoms with Crippen molar-refractivity contribution in [1.29, 1.82) is 0 Å². The summed E-state index contributed by atoms with van der Waals surface area (Å²) in [7, 11) is 0. The highest BCUT2D eigenvalue weighted by atomic mass is 32.1. The Balaban J connectivity index is 1.88. The van der Waals surface area contributed by atoms with Crippen molar-refractivity contribution < 1.29 is 4.39 Å². The van der Waals surface area contributed by atoms with Crippen molar-refractivity contribution in [2.75, 3.05) is 0 Å². The molecule has 0 radical (unpaired) electrons. The van der Waals surface area contributed by atoms with Crippen molar-refractivity contribution >= 4 is 11.3 Å². The van der Waals surface area contributed by atoms with E-state index in [0.29, 0.717) is 6.04 Å². The Kier molecular flexibility index (Phi) is 4.36. The Hall–Kier alpha value is -1.26. The van der Waals surface area contributed by atoms with E-state index in [1.807, 2.05) is 13.0 Å². The Morgan fingerprint density at radius 3 is 2.81 bits per heavy atom. The van der Waals surface area contributed by atoms with E-state index in [1.54, 1.807) is 23.5 Å². The van der Waals surface area contributed by atoms with Crippen LogP contribution in [-0.4, -0.2) is 11.0 Å². The number of hydrogen-bond acceptors (Lipinski definition) is 3. The molecule has 112 valence electrons. The minimum absolute atomic E-state index is 0.185. The molecule has 1 aliphatic rings. The maximum absolute atomic E-state index is 13.6. The first-order chi connectivity index (χ1) is 10.2. The van der Waals surface area contributed by atoms with Crippen molar-refractivity contribution in [3.63, 3.8) is 0 Å². The zero-order chi connectivity index (χ0) is 14.8. The molecule has 1 N–H and O–H groups in total. The fraction of sp³-hybridized carbons (Fsp3) is 0.471. The van der Waals surface area contributed by atoms with Gasteiger partial charge in [-0.25, -0.2) is 9.37 Å². The number of halogens is 1. The summed E-state index contributed by atoms with van der Waals surface area (Å²) in [5.74, 6) is -0.185. The van der Waals surface area contributed by atoms with Crippen LogP contribution < -0.4 is 5.32 Å². The van der Waals surface area contributed by atoms with Crippen molar-refractivity contribution in [2.45, 2.75) is 52.1 Å². The molecule has 1 fully saturated rings. The second-order valence-electron chi connectivity index (χ2n) is 5.81. The average Bonchev–Trinajstić information content (AvgIpc) is 3.17. The number of nitrogens with one attached hydrogen (secondary N) is 1. The summed E-state index contributed by atoms with van der Waals surface area (Å²) in [4.78, 5) is 6.07. The predicted octanol–water partition coefficient (Wildman–Crippen LogP) is 4.46. The van der Waals surface area contributed by atoms with Gasteiger partial charge < -0.3 is 5.32 Å². The molecular formula is C17H21FN2S. The number of rotatable bonds is 6. The second kappa shape index (κ2) is 6.24. The van der Waals surface area contributed by atoms with Crippen molar-refractivity contribution in [3.05, 3.63) is 40.2 Å². The lowest BCUT2D eigenvalue weighted by atomic mass is 10.1. The van der Waals surface area contributed by atoms with Crippen molar-refractivity contribution in [2.24, 2.45) is 0 Å². The minimum Gasteiger partial charge on any atom is -0.309 e. The molecule has 2 aromatic rings. The number of benzene rings is 1. The molecule has 3 rings (SSSR count). The highest BCUT2D eigenvalue weighted by Crippen LogP contribution is 2.31. The van der Waals surface area contributed by atoms with E-state index in [-0.39, 0.29) is 5.82 Å². The SMILES string of the molecule is CCCc1nc(-c2cc(C)cc(F)c2)sc1CNC1CC1. The van der Waals surface area contributed by atoms with Crippen LogP contribution in [0.5, 0.6) is 0 Å². The van der Waals surface area contributed by atoms with Crippen LogP contribution in [0.4, 0.5) is 4.39 Å². The summed E-state index contributed by atoms with van der Waals surface area (Å²) >= 11 is 1.70. The zero-order valence-corrected chi connectivity index (χ0v) is 13.4. The highest BCUT2D eigenvalue weighted by molar-refractivity contribution is 7.15. The van der Waals surface area contributed by atoms with Crippen LogP contribution in [0.3, 0.4) is 0 Å². The molecule has 1 saturated carbocycles. The fourth-order valence-corrected chi connectivity index (χ4v) is 3.51. The van der Waals surface area contributed by atoms with E-state index in [4.69, 9.17) is 4.98 Å². The summed E-state index contributed by atoms with van der Waals surface area (Å²) in [5.41, 5.74) is 3.01. The number of hydrogen-bond donors (Lipinski definition) is 1. The van der Waals surface area contributed by atoms with Gasteiger partial charge >= 0.3 is 0 Å². The van der Waals surface area contributed by atoms with Crippen LogP contribution in [0.2, 0.25) is 0 Å². The Morgan fingerprint density at radius 1 is 1.33 bits per heavy atom. The molecule has 0 bridgehead atoms. The largest absolute Gasteiger partial charge is 0.309 e. The van der Waals surface area contributed by atoms with Gasteiger partial charge in [0.2, 0.25) is 0 Å². The Morgan fingerprint density at radius 2 is 2.14 bits per heavy atom. The number of aromatic nitrogens is 1. The standard InChI is InChI=1S/C17H21FN2S/c1-3-4-15-16(10-19-14-5-6-14)21-17(20-15)12-7-11(2)8-13(18)9-12/h7-9,14,19H,3-6,10H2,1-2H3. The van der Waals surface area contributed by atoms with Crippen LogP contribution in [0, 0.1) is 12.7 Å². The first-order valence-corrected chi connectivity index (χ1v) is 8.47. The molecule has 1 aromatic carbocycles. The molecule has 0 spiro atoms. The molecular weight excluding hydrogens is 283 g/mol. The van der Waals surface area contributed by atoms with Crippen molar-refractivity contribution in [1.82, 2.24) is 10.3 Å². The Labute approximate surface area is 129 Å². The van der Waals surface area contributed by atoms with Crippen LogP contribution in [0.1, 0.15) is 42.3 Å². The topological polar surface area (TPSA) is 24.9 Å². The summed E-state index contributed by atoms with van der Waals surface area (Å²) in [5, 5.41) is 4.49. The van der Waals surface area contributed by atoms with Crippen LogP contribution >= 0.6 is 11.3 Å². The summed E-state index contributed by atoms with van der Waals surface area (Å²) in [6.07, 6.45) is 4.66. The van der Waals surface area contributed by atoms with E-state index >= 15 is 0 Å². The normalized spacial score (nSPS) is 14.6. The molecule has 4 heteroatoms. The third-order valence-corrected chi connectivity index (χ3v) is 4.83. The van der Waals surface area contributed by atoms with Gasteiger partial charge in [-0.3, -0.25) is 0 Å². The van der Waals surface area contributed by atoms with Gasteiger partial charge in [-0.1, -0.05) is 13.3 Å². The first-order valence-electron chi connectivity index (χ1n) is 7.65. The van der Waals surface area contributed by atoms with E-state index < -0.39 is 0 Å². The van der Waals surface area contributed by atoms with Crippen molar-refractivity contribution in [3.8, 4) is 10.6 Å². The van der Waals surface area contributed by atoms with Gasteiger partial charge in [0.1, 0.15) is 10.8 Å². The van der Waals surface area contributed by atoms with Gasteiger partial charge in [-0.15, -0.1) is 11.3 Å². The molecule has 1 heterocycles. The molecule has 2 nitrogen and oxygen atoms in total. The smallest absolute Gasteiger partial charge is 0.124 e. The molecule has 0 aliphatic heterocycles. The lowest BCUT2D eigenvalue weighted by Crippen LogP contribution is -2.15. The van der Waals surface area contributed by atoms with Crippen LogP contribution in [-0.2, 0) is 13.0 Å². The number of aryl methyl sites for hydroxylation is 2. The molecule has 0 atom stereocenters. The first kappa shape index (κ1) is 14.7.